The number of carbonyl (C=O) groups is 1. The lowest BCUT2D eigenvalue weighted by atomic mass is 10.2. The van der Waals surface area contributed by atoms with Crippen LogP contribution in [0.15, 0.2) is 23.1 Å². The minimum Gasteiger partial charge on any atom is -0.465 e. The first-order valence-corrected chi connectivity index (χ1v) is 7.84. The van der Waals surface area contributed by atoms with Crippen LogP contribution in [-0.4, -0.2) is 38.7 Å². The fraction of sp³-hybridized carbons (Fsp3) is 0.462. The fourth-order valence-corrected chi connectivity index (χ4v) is 3.37. The molecule has 0 amide bonds. The Labute approximate surface area is 124 Å². The van der Waals surface area contributed by atoms with Crippen LogP contribution in [-0.2, 0) is 14.8 Å². The molecule has 4 N–H and O–H groups in total. The van der Waals surface area contributed by atoms with Gasteiger partial charge in [0.2, 0.25) is 10.0 Å². The molecule has 0 aromatic heterocycles. The number of esters is 1. The van der Waals surface area contributed by atoms with Crippen LogP contribution in [0.3, 0.4) is 0 Å². The second kappa shape index (κ2) is 6.88. The van der Waals surface area contributed by atoms with Gasteiger partial charge >= 0.3 is 5.97 Å². The van der Waals surface area contributed by atoms with Crippen LogP contribution in [0.2, 0.25) is 0 Å². The second-order valence-corrected chi connectivity index (χ2v) is 6.54. The topological polar surface area (TPSA) is 119 Å². The highest BCUT2D eigenvalue weighted by molar-refractivity contribution is 7.89. The van der Waals surface area contributed by atoms with Crippen molar-refractivity contribution in [2.45, 2.75) is 37.3 Å². The summed E-state index contributed by atoms with van der Waals surface area (Å²) >= 11 is 0. The lowest BCUT2D eigenvalue weighted by Gasteiger charge is -2.17. The highest BCUT2D eigenvalue weighted by Crippen LogP contribution is 2.20. The molecule has 0 heterocycles. The Balaban J connectivity index is 3.16. The molecule has 0 fully saturated rings. The summed E-state index contributed by atoms with van der Waals surface area (Å²) in [6.45, 7) is 3.19. The van der Waals surface area contributed by atoms with Crippen LogP contribution < -0.4 is 10.5 Å². The molecule has 1 aromatic carbocycles. The number of sulfonamides is 1. The van der Waals surface area contributed by atoms with E-state index in [2.05, 4.69) is 9.46 Å². The van der Waals surface area contributed by atoms with E-state index in [0.29, 0.717) is 0 Å². The summed E-state index contributed by atoms with van der Waals surface area (Å²) in [5.74, 6) is -0.786. The zero-order chi connectivity index (χ0) is 16.2. The van der Waals surface area contributed by atoms with E-state index in [9.17, 15) is 18.3 Å². The summed E-state index contributed by atoms with van der Waals surface area (Å²) in [5, 5.41) is 9.28. The third-order valence-corrected chi connectivity index (χ3v) is 4.40. The van der Waals surface area contributed by atoms with E-state index in [1.165, 1.54) is 18.2 Å². The molecule has 0 saturated carbocycles. The molecule has 0 radical (unpaired) electrons. The lowest BCUT2D eigenvalue weighted by Crippen LogP contribution is -2.35. The molecule has 2 unspecified atom stereocenters. The number of nitrogen functional groups attached to an aromatic ring is 1. The first-order valence-electron chi connectivity index (χ1n) is 6.35. The number of ether oxygens (including phenoxy) is 1. The van der Waals surface area contributed by atoms with E-state index in [1.807, 2.05) is 0 Å². The van der Waals surface area contributed by atoms with Crippen molar-refractivity contribution in [3.8, 4) is 0 Å². The molecular formula is C13H20N2O5S. The largest absolute Gasteiger partial charge is 0.465 e. The van der Waals surface area contributed by atoms with Crippen LogP contribution in [0.25, 0.3) is 0 Å². The molecular weight excluding hydrogens is 296 g/mol. The predicted molar refractivity (Wildman–Crippen MR) is 78.3 cm³/mol. The zero-order valence-corrected chi connectivity index (χ0v) is 13.0. The van der Waals surface area contributed by atoms with E-state index in [-0.39, 0.29) is 22.6 Å². The number of methoxy groups -OCH3 is 1. The van der Waals surface area contributed by atoms with Gasteiger partial charge in [-0.15, -0.1) is 0 Å². The maximum absolute atomic E-state index is 12.3. The quantitative estimate of drug-likeness (QED) is 0.519. The first kappa shape index (κ1) is 17.4. The molecule has 0 aliphatic heterocycles. The van der Waals surface area contributed by atoms with Crippen molar-refractivity contribution in [2.75, 3.05) is 12.8 Å². The van der Waals surface area contributed by atoms with Gasteiger partial charge in [-0.3, -0.25) is 0 Å². The standard InChI is InChI=1S/C13H20N2O5S/c1-8(6-9(2)16)15-21(18,19)12-5-4-10(14)7-11(12)13(17)20-3/h4-5,7-9,15-16H,6,14H2,1-3H3. The van der Waals surface area contributed by atoms with Crippen LogP contribution >= 0.6 is 0 Å². The van der Waals surface area contributed by atoms with Gasteiger partial charge < -0.3 is 15.6 Å². The molecule has 0 saturated heterocycles. The Bertz CT molecular complexity index is 613. The minimum absolute atomic E-state index is 0.130. The van der Waals surface area contributed by atoms with Gasteiger partial charge in [0.1, 0.15) is 0 Å². The molecule has 118 valence electrons. The average Bonchev–Trinajstić information content (AvgIpc) is 2.35. The molecule has 0 bridgehead atoms. The third-order valence-electron chi connectivity index (χ3n) is 2.75. The zero-order valence-electron chi connectivity index (χ0n) is 12.2. The van der Waals surface area contributed by atoms with Gasteiger partial charge in [-0.1, -0.05) is 0 Å². The van der Waals surface area contributed by atoms with Crippen LogP contribution in [0.5, 0.6) is 0 Å². The molecule has 8 heteroatoms. The van der Waals surface area contributed by atoms with Crippen molar-refractivity contribution in [1.82, 2.24) is 4.72 Å². The van der Waals surface area contributed by atoms with E-state index in [4.69, 9.17) is 5.73 Å². The second-order valence-electron chi connectivity index (χ2n) is 4.85. The Kier molecular flexibility index (Phi) is 5.70. The molecule has 2 atom stereocenters. The number of nitrogens with one attached hydrogen (secondary N) is 1. The number of nitrogens with two attached hydrogens (primary N) is 1. The Morgan fingerprint density at radius 2 is 2.05 bits per heavy atom. The first-order chi connectivity index (χ1) is 9.67. The Morgan fingerprint density at radius 3 is 2.57 bits per heavy atom. The molecule has 0 aliphatic rings. The average molecular weight is 316 g/mol. The van der Waals surface area contributed by atoms with Crippen molar-refractivity contribution < 1.29 is 23.1 Å². The Hall–Kier alpha value is -1.64. The highest BCUT2D eigenvalue weighted by atomic mass is 32.2. The van der Waals surface area contributed by atoms with Crippen LogP contribution in [0.1, 0.15) is 30.6 Å². The van der Waals surface area contributed by atoms with Gasteiger partial charge in [0, 0.05) is 11.7 Å². The van der Waals surface area contributed by atoms with E-state index in [0.717, 1.165) is 7.11 Å². The molecule has 21 heavy (non-hydrogen) atoms. The molecule has 7 nitrogen and oxygen atoms in total. The van der Waals surface area contributed by atoms with Crippen molar-refractivity contribution in [3.05, 3.63) is 23.8 Å². The number of aliphatic hydroxyl groups is 1. The van der Waals surface area contributed by atoms with Crippen molar-refractivity contribution in [2.24, 2.45) is 0 Å². The number of carbonyl (C=O) groups excluding carboxylic acids is 1. The number of anilines is 1. The summed E-state index contributed by atoms with van der Waals surface area (Å²) in [5.41, 5.74) is 5.70. The SMILES string of the molecule is COC(=O)c1cc(N)ccc1S(=O)(=O)NC(C)CC(C)O. The number of benzene rings is 1. The van der Waals surface area contributed by atoms with Crippen molar-refractivity contribution >= 4 is 21.7 Å². The predicted octanol–water partition coefficient (Wildman–Crippen LogP) is 0.493. The van der Waals surface area contributed by atoms with Gasteiger partial charge in [0.25, 0.3) is 0 Å². The smallest absolute Gasteiger partial charge is 0.339 e. The maximum Gasteiger partial charge on any atom is 0.339 e. The molecule has 0 aliphatic carbocycles. The maximum atomic E-state index is 12.3. The van der Waals surface area contributed by atoms with Crippen molar-refractivity contribution in [3.63, 3.8) is 0 Å². The van der Waals surface area contributed by atoms with E-state index < -0.39 is 28.1 Å². The number of aliphatic hydroxyl groups excluding tert-OH is 1. The number of rotatable bonds is 6. The summed E-state index contributed by atoms with van der Waals surface area (Å²) in [7, 11) is -2.77. The summed E-state index contributed by atoms with van der Waals surface area (Å²) in [6, 6.07) is 3.40. The lowest BCUT2D eigenvalue weighted by molar-refractivity contribution is 0.0596. The monoisotopic (exact) mass is 316 g/mol. The summed E-state index contributed by atoms with van der Waals surface area (Å²) < 4.78 is 31.6. The summed E-state index contributed by atoms with van der Waals surface area (Å²) in [4.78, 5) is 11.5. The molecule has 1 aromatic rings. The van der Waals surface area contributed by atoms with Crippen LogP contribution in [0.4, 0.5) is 5.69 Å². The van der Waals surface area contributed by atoms with Gasteiger partial charge in [-0.2, -0.15) is 0 Å². The Morgan fingerprint density at radius 1 is 1.43 bits per heavy atom. The van der Waals surface area contributed by atoms with Gasteiger partial charge in [0.05, 0.1) is 23.7 Å². The third kappa shape index (κ3) is 4.69. The fourth-order valence-electron chi connectivity index (χ4n) is 1.94. The van der Waals surface area contributed by atoms with E-state index >= 15 is 0 Å². The highest BCUT2D eigenvalue weighted by Gasteiger charge is 2.25. The summed E-state index contributed by atoms with van der Waals surface area (Å²) in [6.07, 6.45) is -0.393. The normalized spacial score (nSPS) is 14.5. The van der Waals surface area contributed by atoms with Gasteiger partial charge in [0.15, 0.2) is 0 Å². The number of hydrogen-bond donors (Lipinski definition) is 3. The van der Waals surface area contributed by atoms with E-state index in [1.54, 1.807) is 13.8 Å². The van der Waals surface area contributed by atoms with Gasteiger partial charge in [-0.25, -0.2) is 17.9 Å². The number of hydrogen-bond acceptors (Lipinski definition) is 6. The minimum atomic E-state index is -3.93. The van der Waals surface area contributed by atoms with Gasteiger partial charge in [-0.05, 0) is 38.5 Å². The van der Waals surface area contributed by atoms with Crippen LogP contribution in [0, 0.1) is 0 Å². The molecule has 0 spiro atoms. The van der Waals surface area contributed by atoms with Crippen molar-refractivity contribution in [1.29, 1.82) is 0 Å². The molecule has 1 rings (SSSR count).